The highest BCUT2D eigenvalue weighted by atomic mass is 127. The van der Waals surface area contributed by atoms with Gasteiger partial charge in [0.15, 0.2) is 0 Å². The molecule has 3 nitrogen and oxygen atoms in total. The molecule has 9 heteroatoms. The van der Waals surface area contributed by atoms with Crippen molar-refractivity contribution in [3.63, 3.8) is 0 Å². The van der Waals surface area contributed by atoms with Crippen LogP contribution in [0.25, 0.3) is 0 Å². The summed E-state index contributed by atoms with van der Waals surface area (Å²) in [7, 11) is 0. The lowest BCUT2D eigenvalue weighted by atomic mass is 11.1. The SMILES string of the molecule is O=[N+]([O-])C(SC(F)(F)F)=C(I)I. The van der Waals surface area contributed by atoms with E-state index in [9.17, 15) is 23.3 Å². The molecule has 0 saturated heterocycles. The molecule has 0 amide bonds. The van der Waals surface area contributed by atoms with Gasteiger partial charge in [-0.15, -0.1) is 0 Å². The summed E-state index contributed by atoms with van der Waals surface area (Å²) in [4.78, 5) is 8.99. The third-order valence-electron chi connectivity index (χ3n) is 0.540. The van der Waals surface area contributed by atoms with Crippen molar-refractivity contribution < 1.29 is 18.1 Å². The third-order valence-corrected chi connectivity index (χ3v) is 3.07. The van der Waals surface area contributed by atoms with Gasteiger partial charge in [0.1, 0.15) is 1.59 Å². The lowest BCUT2D eigenvalue weighted by molar-refractivity contribution is -0.410. The molecule has 0 fully saturated rings. The summed E-state index contributed by atoms with van der Waals surface area (Å²) in [5.74, 6) is 0. The minimum Gasteiger partial charge on any atom is -0.258 e. The molecular weight excluding hydrogens is 425 g/mol. The van der Waals surface area contributed by atoms with E-state index in [-0.39, 0.29) is 1.59 Å². The Morgan fingerprint density at radius 2 is 1.83 bits per heavy atom. The summed E-state index contributed by atoms with van der Waals surface area (Å²) in [6.45, 7) is 0. The second-order valence-corrected chi connectivity index (χ2v) is 6.65. The lowest BCUT2D eigenvalue weighted by Gasteiger charge is -2.02. The predicted octanol–water partition coefficient (Wildman–Crippen LogP) is 3.51. The first-order valence-electron chi connectivity index (χ1n) is 2.19. The molecule has 0 radical (unpaired) electrons. The first-order valence-corrected chi connectivity index (χ1v) is 5.17. The molecule has 0 aliphatic carbocycles. The fourth-order valence-corrected chi connectivity index (χ4v) is 1.68. The molecule has 0 aromatic rings. The summed E-state index contributed by atoms with van der Waals surface area (Å²) < 4.78 is 34.9. The molecule has 0 atom stereocenters. The van der Waals surface area contributed by atoms with E-state index >= 15 is 0 Å². The second kappa shape index (κ2) is 4.83. The molecule has 0 unspecified atom stereocenters. The molecule has 0 rings (SSSR count). The van der Waals surface area contributed by atoms with Gasteiger partial charge in [0, 0.05) is 0 Å². The summed E-state index contributed by atoms with van der Waals surface area (Å²) in [6.07, 6.45) is 0. The van der Waals surface area contributed by atoms with Crippen LogP contribution in [0.3, 0.4) is 0 Å². The van der Waals surface area contributed by atoms with E-state index in [1.807, 2.05) is 0 Å². The van der Waals surface area contributed by atoms with E-state index in [1.165, 1.54) is 45.2 Å². The van der Waals surface area contributed by atoms with Crippen LogP contribution in [-0.2, 0) is 0 Å². The van der Waals surface area contributed by atoms with E-state index in [0.29, 0.717) is 0 Å². The van der Waals surface area contributed by atoms with Crippen molar-refractivity contribution in [2.45, 2.75) is 5.51 Å². The minimum atomic E-state index is -4.61. The Balaban J connectivity index is 4.60. The molecule has 0 aliphatic rings. The lowest BCUT2D eigenvalue weighted by Crippen LogP contribution is -2.05. The average Bonchev–Trinajstić information content (AvgIpc) is 1.79. The van der Waals surface area contributed by atoms with E-state index in [0.717, 1.165) is 0 Å². The molecule has 70 valence electrons. The number of alkyl halides is 3. The van der Waals surface area contributed by atoms with Gasteiger partial charge in [0.05, 0.1) is 16.7 Å². The molecule has 0 aliphatic heterocycles. The van der Waals surface area contributed by atoms with Gasteiger partial charge >= 0.3 is 10.5 Å². The van der Waals surface area contributed by atoms with Gasteiger partial charge in [-0.05, 0) is 45.2 Å². The van der Waals surface area contributed by atoms with Gasteiger partial charge < -0.3 is 0 Å². The Hall–Kier alpha value is 0.740. The maximum absolute atomic E-state index is 11.6. The fourth-order valence-electron chi connectivity index (χ4n) is 0.254. The van der Waals surface area contributed by atoms with Gasteiger partial charge in [0.2, 0.25) is 0 Å². The Labute approximate surface area is 96.6 Å². The zero-order valence-electron chi connectivity index (χ0n) is 5.06. The van der Waals surface area contributed by atoms with Gasteiger partial charge in [-0.2, -0.15) is 13.2 Å². The number of hydrogen-bond acceptors (Lipinski definition) is 3. The number of hydrogen-bond donors (Lipinski definition) is 0. The molecule has 12 heavy (non-hydrogen) atoms. The maximum Gasteiger partial charge on any atom is 0.452 e. The van der Waals surface area contributed by atoms with Gasteiger partial charge in [-0.1, -0.05) is 0 Å². The minimum absolute atomic E-state index is 0.0162. The summed E-state index contributed by atoms with van der Waals surface area (Å²) in [5, 5.41) is 9.15. The third kappa shape index (κ3) is 5.40. The Morgan fingerprint density at radius 1 is 1.42 bits per heavy atom. The topological polar surface area (TPSA) is 43.1 Å². The van der Waals surface area contributed by atoms with Crippen LogP contribution in [0.15, 0.2) is 6.62 Å². The number of nitrogens with zero attached hydrogens (tertiary/aromatic N) is 1. The van der Waals surface area contributed by atoms with Crippen LogP contribution in [0.5, 0.6) is 0 Å². The highest BCUT2D eigenvalue weighted by molar-refractivity contribution is 14.2. The average molecular weight is 425 g/mol. The Morgan fingerprint density at radius 3 is 1.92 bits per heavy atom. The molecular formula is C3F3I2NO2S. The van der Waals surface area contributed by atoms with Crippen LogP contribution < -0.4 is 0 Å². The first-order chi connectivity index (χ1) is 5.24. The highest BCUT2D eigenvalue weighted by Crippen LogP contribution is 2.40. The Kier molecular flexibility index (Phi) is 5.13. The van der Waals surface area contributed by atoms with E-state index < -0.39 is 27.2 Å². The van der Waals surface area contributed by atoms with Gasteiger partial charge in [-0.25, -0.2) is 0 Å². The van der Waals surface area contributed by atoms with Crippen LogP contribution >= 0.6 is 56.9 Å². The molecule has 0 spiro atoms. The maximum atomic E-state index is 11.6. The van der Waals surface area contributed by atoms with E-state index in [1.54, 1.807) is 0 Å². The smallest absolute Gasteiger partial charge is 0.258 e. The van der Waals surface area contributed by atoms with Crippen molar-refractivity contribution in [2.24, 2.45) is 0 Å². The molecule has 0 N–H and O–H groups in total. The highest BCUT2D eigenvalue weighted by Gasteiger charge is 2.37. The summed E-state index contributed by atoms with van der Waals surface area (Å²) in [5.41, 5.74) is -4.61. The van der Waals surface area contributed by atoms with Crippen molar-refractivity contribution in [1.82, 2.24) is 0 Å². The summed E-state index contributed by atoms with van der Waals surface area (Å²) >= 11 is 2.21. The van der Waals surface area contributed by atoms with E-state index in [2.05, 4.69) is 0 Å². The van der Waals surface area contributed by atoms with Crippen molar-refractivity contribution >= 4 is 56.9 Å². The zero-order valence-corrected chi connectivity index (χ0v) is 10.2. The number of rotatable bonds is 2. The monoisotopic (exact) mass is 425 g/mol. The van der Waals surface area contributed by atoms with Crippen molar-refractivity contribution in [3.05, 3.63) is 16.7 Å². The van der Waals surface area contributed by atoms with Crippen molar-refractivity contribution in [2.75, 3.05) is 0 Å². The zero-order chi connectivity index (χ0) is 9.94. The molecule has 0 aromatic carbocycles. The van der Waals surface area contributed by atoms with Crippen LogP contribution in [0.2, 0.25) is 0 Å². The normalized spacial score (nSPS) is 11.1. The first kappa shape index (κ1) is 12.7. The van der Waals surface area contributed by atoms with E-state index in [4.69, 9.17) is 0 Å². The predicted molar refractivity (Wildman–Crippen MR) is 55.7 cm³/mol. The fraction of sp³-hybridized carbons (Fsp3) is 0.333. The van der Waals surface area contributed by atoms with Gasteiger partial charge in [-0.3, -0.25) is 10.1 Å². The van der Waals surface area contributed by atoms with Crippen molar-refractivity contribution in [1.29, 1.82) is 0 Å². The molecule has 0 saturated carbocycles. The van der Waals surface area contributed by atoms with Crippen LogP contribution in [0.4, 0.5) is 13.2 Å². The summed E-state index contributed by atoms with van der Waals surface area (Å²) in [6, 6.07) is 0. The quantitative estimate of drug-likeness (QED) is 0.387. The standard InChI is InChI=1S/C3F3I2NO2S/c4-3(5,6)12-2(1(7)8)9(10)11. The number of halogens is 5. The van der Waals surface area contributed by atoms with Crippen LogP contribution in [0, 0.1) is 10.1 Å². The molecule has 0 bridgehead atoms. The van der Waals surface area contributed by atoms with Crippen LogP contribution in [-0.4, -0.2) is 10.4 Å². The largest absolute Gasteiger partial charge is 0.452 e. The molecule has 0 heterocycles. The van der Waals surface area contributed by atoms with Gasteiger partial charge in [0.25, 0.3) is 0 Å². The van der Waals surface area contributed by atoms with Crippen molar-refractivity contribution in [3.8, 4) is 0 Å². The number of nitro groups is 1. The molecule has 0 aromatic heterocycles. The van der Waals surface area contributed by atoms with Crippen LogP contribution in [0.1, 0.15) is 0 Å². The Bertz CT molecular complexity index is 224. The number of thioether (sulfide) groups is 1. The second-order valence-electron chi connectivity index (χ2n) is 1.37.